The van der Waals surface area contributed by atoms with Gasteiger partial charge in [-0.25, -0.2) is 9.59 Å². The highest BCUT2D eigenvalue weighted by molar-refractivity contribution is 7.98. The Morgan fingerprint density at radius 1 is 0.891 bits per heavy atom. The zero-order valence-corrected chi connectivity index (χ0v) is 28.9. The van der Waals surface area contributed by atoms with Gasteiger partial charge in [-0.05, 0) is 78.0 Å². The number of esters is 1. The number of phenols is 1. The average Bonchev–Trinajstić information content (AvgIpc) is 2.95. The van der Waals surface area contributed by atoms with Crippen LogP contribution in [-0.2, 0) is 30.3 Å². The van der Waals surface area contributed by atoms with Crippen LogP contribution in [-0.4, -0.2) is 87.4 Å². The summed E-state index contributed by atoms with van der Waals surface area (Å²) in [5, 5.41) is 26.6. The van der Waals surface area contributed by atoms with Gasteiger partial charge in [0.2, 0.25) is 11.8 Å². The van der Waals surface area contributed by atoms with Gasteiger partial charge >= 0.3 is 12.1 Å². The zero-order valence-electron chi connectivity index (χ0n) is 28.1. The topological polar surface area (TPSA) is 154 Å². The number of aliphatic hydroxyl groups excluding tert-OH is 1. The van der Waals surface area contributed by atoms with Crippen LogP contribution in [0, 0.1) is 6.92 Å². The number of thioether (sulfide) groups is 1. The molecule has 2 aromatic carbocycles. The summed E-state index contributed by atoms with van der Waals surface area (Å²) in [5.41, 5.74) is -0.376. The van der Waals surface area contributed by atoms with E-state index in [0.717, 1.165) is 10.5 Å². The number of phenolic OH excluding ortho intramolecular Hbond substituents is 1. The second kappa shape index (κ2) is 17.2. The van der Waals surface area contributed by atoms with Crippen LogP contribution in [0.2, 0.25) is 0 Å². The molecule has 3 unspecified atom stereocenters. The van der Waals surface area contributed by atoms with Crippen molar-refractivity contribution in [2.75, 3.05) is 25.2 Å². The number of hydrogen-bond acceptors (Lipinski definition) is 9. The third kappa shape index (κ3) is 12.2. The van der Waals surface area contributed by atoms with Crippen molar-refractivity contribution in [2.45, 2.75) is 90.6 Å². The van der Waals surface area contributed by atoms with Gasteiger partial charge in [-0.2, -0.15) is 11.8 Å². The number of rotatable bonds is 14. The molecule has 0 saturated carbocycles. The van der Waals surface area contributed by atoms with Crippen LogP contribution in [0.25, 0.3) is 0 Å². The summed E-state index contributed by atoms with van der Waals surface area (Å²) in [5.74, 6) is -1.87. The predicted molar refractivity (Wildman–Crippen MR) is 178 cm³/mol. The van der Waals surface area contributed by atoms with Gasteiger partial charge in [0.15, 0.2) is 0 Å². The van der Waals surface area contributed by atoms with Crippen LogP contribution < -0.4 is 10.6 Å². The van der Waals surface area contributed by atoms with Crippen LogP contribution >= 0.6 is 11.8 Å². The Labute approximate surface area is 276 Å². The first-order valence-corrected chi connectivity index (χ1v) is 16.6. The number of hydrogen-bond donors (Lipinski definition) is 4. The van der Waals surface area contributed by atoms with Gasteiger partial charge in [0.05, 0.1) is 6.61 Å². The number of nitrogens with zero attached hydrogens (tertiary/aromatic N) is 1. The van der Waals surface area contributed by atoms with E-state index in [1.54, 1.807) is 60.6 Å². The quantitative estimate of drug-likeness (QED) is 0.218. The van der Waals surface area contributed by atoms with E-state index in [4.69, 9.17) is 9.47 Å². The lowest BCUT2D eigenvalue weighted by atomic mass is 9.98. The smallest absolute Gasteiger partial charge is 0.408 e. The van der Waals surface area contributed by atoms with Gasteiger partial charge in [0, 0.05) is 18.5 Å². The number of aryl methyl sites for hydroxylation is 1. The number of ether oxygens (including phenoxy) is 2. The Bertz CT molecular complexity index is 1320. The molecule has 0 aliphatic carbocycles. The summed E-state index contributed by atoms with van der Waals surface area (Å²) in [6.07, 6.45) is 1.33. The molecule has 3 amide bonds. The molecule has 254 valence electrons. The van der Waals surface area contributed by atoms with Crippen LogP contribution in [0.1, 0.15) is 70.7 Å². The molecule has 2 rings (SSSR count). The molecule has 0 heterocycles. The van der Waals surface area contributed by atoms with Gasteiger partial charge in [-0.15, -0.1) is 0 Å². The minimum atomic E-state index is -1.49. The molecule has 0 aliphatic rings. The molecule has 2 aromatic rings. The molecule has 0 bridgehead atoms. The molecular weight excluding hydrogens is 610 g/mol. The second-order valence-corrected chi connectivity index (χ2v) is 13.9. The third-order valence-electron chi connectivity index (χ3n) is 6.64. The van der Waals surface area contributed by atoms with Crippen LogP contribution in [0.4, 0.5) is 4.79 Å². The lowest BCUT2D eigenvalue weighted by Crippen LogP contribution is -2.55. The van der Waals surface area contributed by atoms with Gasteiger partial charge < -0.3 is 35.2 Å². The summed E-state index contributed by atoms with van der Waals surface area (Å²) in [6.45, 7) is 11.0. The Kier molecular flexibility index (Phi) is 14.4. The normalized spacial score (nSPS) is 13.6. The fourth-order valence-electron chi connectivity index (χ4n) is 4.64. The van der Waals surface area contributed by atoms with E-state index in [2.05, 4.69) is 10.6 Å². The molecule has 3 atom stereocenters. The number of amides is 3. The standard InChI is InChI=1S/C34H49N3O8S/c1-22-13-12-16-24(28(22)39)27(29(40)35-26(31(42)44-33(2,3)4)21-23-14-10-9-11-15-23)37(18-19-38)30(41)25(17-20-46-8)36-32(43)45-34(5,6)7/h9-16,25-27,38-39H,17-21H2,1-8H3,(H,35,40)(H,36,43). The first kappa shape index (κ1) is 38.4. The minimum Gasteiger partial charge on any atom is -0.507 e. The number of carbonyl (C=O) groups is 4. The first-order chi connectivity index (χ1) is 21.5. The van der Waals surface area contributed by atoms with Gasteiger partial charge in [0.25, 0.3) is 0 Å². The number of carbonyl (C=O) groups excluding carboxylic acids is 4. The molecule has 4 N–H and O–H groups in total. The maximum atomic E-state index is 14.3. The molecular formula is C34H49N3O8S. The van der Waals surface area contributed by atoms with Crippen LogP contribution in [0.15, 0.2) is 48.5 Å². The number of para-hydroxylation sites is 1. The van der Waals surface area contributed by atoms with Gasteiger partial charge in [-0.1, -0.05) is 48.5 Å². The van der Waals surface area contributed by atoms with Gasteiger partial charge in [0.1, 0.15) is 35.1 Å². The Morgan fingerprint density at radius 2 is 1.52 bits per heavy atom. The zero-order chi connectivity index (χ0) is 34.7. The fourth-order valence-corrected chi connectivity index (χ4v) is 5.11. The van der Waals surface area contributed by atoms with Crippen molar-refractivity contribution in [3.63, 3.8) is 0 Å². The first-order valence-electron chi connectivity index (χ1n) is 15.2. The summed E-state index contributed by atoms with van der Waals surface area (Å²) in [6, 6.07) is 10.1. The predicted octanol–water partition coefficient (Wildman–Crippen LogP) is 4.28. The Hall–Kier alpha value is -3.77. The molecule has 11 nitrogen and oxygen atoms in total. The molecule has 0 spiro atoms. The molecule has 12 heteroatoms. The van der Waals surface area contributed by atoms with Crippen molar-refractivity contribution < 1.29 is 38.9 Å². The highest BCUT2D eigenvalue weighted by Crippen LogP contribution is 2.32. The minimum absolute atomic E-state index is 0.0860. The Morgan fingerprint density at radius 3 is 2.09 bits per heavy atom. The van der Waals surface area contributed by atoms with E-state index in [-0.39, 0.29) is 30.7 Å². The van der Waals surface area contributed by atoms with E-state index in [0.29, 0.717) is 11.3 Å². The van der Waals surface area contributed by atoms with Crippen molar-refractivity contribution in [3.8, 4) is 5.75 Å². The lowest BCUT2D eigenvalue weighted by molar-refractivity contribution is -0.159. The van der Waals surface area contributed by atoms with Crippen molar-refractivity contribution in [2.24, 2.45) is 0 Å². The number of aromatic hydroxyl groups is 1. The second-order valence-electron chi connectivity index (χ2n) is 12.9. The maximum absolute atomic E-state index is 14.3. The number of alkyl carbamates (subject to hydrolysis) is 1. The monoisotopic (exact) mass is 659 g/mol. The van der Waals surface area contributed by atoms with Gasteiger partial charge in [-0.3, -0.25) is 9.59 Å². The molecule has 0 radical (unpaired) electrons. The molecule has 0 fully saturated rings. The van der Waals surface area contributed by atoms with E-state index >= 15 is 0 Å². The van der Waals surface area contributed by atoms with Crippen LogP contribution in [0.5, 0.6) is 5.75 Å². The van der Waals surface area contributed by atoms with Crippen molar-refractivity contribution in [1.29, 1.82) is 0 Å². The van der Waals surface area contributed by atoms with E-state index in [1.165, 1.54) is 17.8 Å². The highest BCUT2D eigenvalue weighted by Gasteiger charge is 2.39. The maximum Gasteiger partial charge on any atom is 0.408 e. The van der Waals surface area contributed by atoms with E-state index in [1.807, 2.05) is 36.6 Å². The molecule has 46 heavy (non-hydrogen) atoms. The third-order valence-corrected chi connectivity index (χ3v) is 7.28. The lowest BCUT2D eigenvalue weighted by Gasteiger charge is -2.35. The Balaban J connectivity index is 2.62. The summed E-state index contributed by atoms with van der Waals surface area (Å²) in [4.78, 5) is 55.8. The average molecular weight is 660 g/mol. The van der Waals surface area contributed by atoms with Crippen molar-refractivity contribution in [3.05, 3.63) is 65.2 Å². The molecule has 0 aromatic heterocycles. The number of benzene rings is 2. The SMILES string of the molecule is CSCCC(NC(=O)OC(C)(C)C)C(=O)N(CCO)C(C(=O)NC(Cc1ccccc1)C(=O)OC(C)(C)C)c1cccc(C)c1O. The molecule has 0 saturated heterocycles. The largest absolute Gasteiger partial charge is 0.507 e. The van der Waals surface area contributed by atoms with E-state index < -0.39 is 59.8 Å². The number of nitrogens with one attached hydrogen (secondary N) is 2. The fraction of sp³-hybridized carbons (Fsp3) is 0.529. The summed E-state index contributed by atoms with van der Waals surface area (Å²) in [7, 11) is 0. The van der Waals surface area contributed by atoms with Crippen molar-refractivity contribution in [1.82, 2.24) is 15.5 Å². The molecule has 0 aliphatic heterocycles. The van der Waals surface area contributed by atoms with E-state index in [9.17, 15) is 29.4 Å². The summed E-state index contributed by atoms with van der Waals surface area (Å²) >= 11 is 1.46. The summed E-state index contributed by atoms with van der Waals surface area (Å²) < 4.78 is 11.0. The van der Waals surface area contributed by atoms with Crippen LogP contribution in [0.3, 0.4) is 0 Å². The number of aliphatic hydroxyl groups is 1. The highest BCUT2D eigenvalue weighted by atomic mass is 32.2. The van der Waals surface area contributed by atoms with Crippen molar-refractivity contribution >= 4 is 35.6 Å².